The van der Waals surface area contributed by atoms with Crippen LogP contribution in [-0.4, -0.2) is 40.3 Å². The number of aliphatic hydroxyl groups is 1. The van der Waals surface area contributed by atoms with Gasteiger partial charge in [0.25, 0.3) is 0 Å². The number of rotatable bonds is 6. The highest BCUT2D eigenvalue weighted by Crippen LogP contribution is 2.19. The first-order chi connectivity index (χ1) is 9.74. The van der Waals surface area contributed by atoms with Gasteiger partial charge in [0, 0.05) is 12.0 Å². The maximum atomic E-state index is 12.0. The van der Waals surface area contributed by atoms with Crippen molar-refractivity contribution in [1.29, 1.82) is 0 Å². The van der Waals surface area contributed by atoms with Crippen molar-refractivity contribution in [3.63, 3.8) is 0 Å². The van der Waals surface area contributed by atoms with Crippen LogP contribution in [-0.2, 0) is 26.3 Å². The molecule has 1 aromatic carbocycles. The Labute approximate surface area is 127 Å². The summed E-state index contributed by atoms with van der Waals surface area (Å²) in [6.07, 6.45) is -0.742. The lowest BCUT2D eigenvalue weighted by Crippen LogP contribution is -2.47. The van der Waals surface area contributed by atoms with Crippen molar-refractivity contribution >= 4 is 38.0 Å². The second kappa shape index (κ2) is 6.84. The van der Waals surface area contributed by atoms with Crippen LogP contribution in [0.1, 0.15) is 24.5 Å². The maximum Gasteiger partial charge on any atom is 0.343 e. The summed E-state index contributed by atoms with van der Waals surface area (Å²) in [5.74, 6) is -2.58. The fourth-order valence-electron chi connectivity index (χ4n) is 1.74. The molecule has 21 heavy (non-hydrogen) atoms. The lowest BCUT2D eigenvalue weighted by Gasteiger charge is -2.20. The van der Waals surface area contributed by atoms with Crippen LogP contribution >= 0.6 is 11.6 Å². The summed E-state index contributed by atoms with van der Waals surface area (Å²) in [5.41, 5.74) is -2.18. The quantitative estimate of drug-likeness (QED) is 0.449. The number of hydrogen-bond donors (Lipinski definition) is 2. The number of carboxylic acids is 1. The molecular weight excluding hydrogens is 320 g/mol. The highest BCUT2D eigenvalue weighted by molar-refractivity contribution is 7.76. The molecule has 8 heteroatoms. The molecule has 1 aromatic rings. The standard InChI is InChI=1S/C13H13ClO6S/c1-2-13(18,12(16)17)10(15)7-8-5-3-4-6-9(8)11(14)21(19)20/h3-6,18H,2,7H2,1H3,(H,16,17). The van der Waals surface area contributed by atoms with Crippen molar-refractivity contribution in [2.75, 3.05) is 0 Å². The smallest absolute Gasteiger partial charge is 0.343 e. The first-order valence-electron chi connectivity index (χ1n) is 5.93. The summed E-state index contributed by atoms with van der Waals surface area (Å²) in [6, 6.07) is 5.92. The predicted octanol–water partition coefficient (Wildman–Crippen LogP) is 0.620. The number of halogens is 1. The van der Waals surface area contributed by atoms with E-state index >= 15 is 0 Å². The van der Waals surface area contributed by atoms with Crippen LogP contribution in [0.4, 0.5) is 0 Å². The molecule has 0 fully saturated rings. The van der Waals surface area contributed by atoms with Crippen LogP contribution in [0, 0.1) is 0 Å². The normalized spacial score (nSPS) is 13.3. The van der Waals surface area contributed by atoms with Crippen molar-refractivity contribution in [3.05, 3.63) is 35.4 Å². The van der Waals surface area contributed by atoms with Gasteiger partial charge < -0.3 is 10.2 Å². The van der Waals surface area contributed by atoms with Crippen LogP contribution in [0.2, 0.25) is 0 Å². The van der Waals surface area contributed by atoms with Gasteiger partial charge in [0.05, 0.1) is 0 Å². The number of ketones is 1. The van der Waals surface area contributed by atoms with Crippen LogP contribution in [0.3, 0.4) is 0 Å². The van der Waals surface area contributed by atoms with Gasteiger partial charge in [0.1, 0.15) is 0 Å². The van der Waals surface area contributed by atoms with E-state index in [-0.39, 0.29) is 17.5 Å². The van der Waals surface area contributed by atoms with Crippen LogP contribution < -0.4 is 0 Å². The third-order valence-corrected chi connectivity index (χ3v) is 4.15. The Morgan fingerprint density at radius 1 is 1.29 bits per heavy atom. The highest BCUT2D eigenvalue weighted by atomic mass is 35.5. The van der Waals surface area contributed by atoms with Crippen molar-refractivity contribution < 1.29 is 28.2 Å². The van der Waals surface area contributed by atoms with E-state index in [1.807, 2.05) is 0 Å². The molecule has 0 aromatic heterocycles. The van der Waals surface area contributed by atoms with E-state index in [0.29, 0.717) is 0 Å². The zero-order chi connectivity index (χ0) is 16.2. The van der Waals surface area contributed by atoms with Gasteiger partial charge in [-0.05, 0) is 12.0 Å². The van der Waals surface area contributed by atoms with E-state index in [4.69, 9.17) is 16.7 Å². The number of carbonyl (C=O) groups is 2. The summed E-state index contributed by atoms with van der Waals surface area (Å²) in [4.78, 5) is 23.0. The van der Waals surface area contributed by atoms with Crippen molar-refractivity contribution in [2.45, 2.75) is 25.4 Å². The van der Waals surface area contributed by atoms with Gasteiger partial charge in [-0.3, -0.25) is 4.79 Å². The van der Waals surface area contributed by atoms with Gasteiger partial charge in [-0.1, -0.05) is 42.8 Å². The Bertz CT molecular complexity index is 701. The Morgan fingerprint density at radius 2 is 1.86 bits per heavy atom. The Hall–Kier alpha value is -1.70. The summed E-state index contributed by atoms with van der Waals surface area (Å²) >= 11 is 5.65. The third kappa shape index (κ3) is 3.69. The second-order valence-corrected chi connectivity index (χ2v) is 5.76. The molecule has 6 nitrogen and oxygen atoms in total. The van der Waals surface area contributed by atoms with Gasteiger partial charge in [0.15, 0.2) is 10.1 Å². The summed E-state index contributed by atoms with van der Waals surface area (Å²) < 4.78 is 21.3. The maximum absolute atomic E-state index is 12.0. The molecule has 0 aliphatic carbocycles. The molecule has 1 unspecified atom stereocenters. The third-order valence-electron chi connectivity index (χ3n) is 3.05. The van der Waals surface area contributed by atoms with E-state index in [2.05, 4.69) is 0 Å². The predicted molar refractivity (Wildman–Crippen MR) is 76.9 cm³/mol. The summed E-state index contributed by atoms with van der Waals surface area (Å²) in [5, 5.41) is 18.8. The van der Waals surface area contributed by atoms with E-state index in [0.717, 1.165) is 0 Å². The van der Waals surface area contributed by atoms with Gasteiger partial charge in [-0.15, -0.1) is 0 Å². The lowest BCUT2D eigenvalue weighted by molar-refractivity contribution is -0.165. The number of carbonyl (C=O) groups excluding carboxylic acids is 1. The minimum Gasteiger partial charge on any atom is -0.479 e. The van der Waals surface area contributed by atoms with Gasteiger partial charge >= 0.3 is 5.97 Å². The van der Waals surface area contributed by atoms with Gasteiger partial charge in [-0.2, -0.15) is 8.42 Å². The van der Waals surface area contributed by atoms with E-state index < -0.39 is 38.4 Å². The Morgan fingerprint density at radius 3 is 2.33 bits per heavy atom. The fourth-order valence-corrected chi connectivity index (χ4v) is 2.31. The summed E-state index contributed by atoms with van der Waals surface area (Å²) in [6.45, 7) is 1.36. The SMILES string of the molecule is CCC(O)(C(=O)O)C(=O)Cc1ccccc1C(Cl)=S(=O)=O. The zero-order valence-electron chi connectivity index (χ0n) is 11.0. The van der Waals surface area contributed by atoms with E-state index in [1.165, 1.54) is 25.1 Å². The molecule has 0 saturated heterocycles. The average molecular weight is 333 g/mol. The first-order valence-corrected chi connectivity index (χ1v) is 7.38. The number of benzene rings is 1. The fraction of sp³-hybridized carbons (Fsp3) is 0.308. The largest absolute Gasteiger partial charge is 0.479 e. The molecule has 0 radical (unpaired) electrons. The second-order valence-electron chi connectivity index (χ2n) is 4.28. The first kappa shape index (κ1) is 17.4. The van der Waals surface area contributed by atoms with Gasteiger partial charge in [0.2, 0.25) is 15.9 Å². The number of hydrogen-bond acceptors (Lipinski definition) is 5. The van der Waals surface area contributed by atoms with E-state index in [9.17, 15) is 23.1 Å². The van der Waals surface area contributed by atoms with Crippen LogP contribution in [0.5, 0.6) is 0 Å². The minimum absolute atomic E-state index is 0.102. The van der Waals surface area contributed by atoms with Crippen molar-refractivity contribution in [2.24, 2.45) is 0 Å². The van der Waals surface area contributed by atoms with Crippen LogP contribution in [0.25, 0.3) is 0 Å². The van der Waals surface area contributed by atoms with Crippen molar-refractivity contribution in [3.8, 4) is 0 Å². The molecule has 0 spiro atoms. The molecular formula is C13H13ClO6S. The Kier molecular flexibility index (Phi) is 5.65. The van der Waals surface area contributed by atoms with E-state index in [1.54, 1.807) is 6.07 Å². The van der Waals surface area contributed by atoms with Crippen LogP contribution in [0.15, 0.2) is 24.3 Å². The Balaban J connectivity index is 3.25. The molecule has 0 aliphatic heterocycles. The highest BCUT2D eigenvalue weighted by Gasteiger charge is 2.41. The number of Topliss-reactive ketones (excluding diaryl/α,β-unsaturated/α-hetero) is 1. The molecule has 0 heterocycles. The zero-order valence-corrected chi connectivity index (χ0v) is 12.6. The molecule has 2 N–H and O–H groups in total. The van der Waals surface area contributed by atoms with Gasteiger partial charge in [-0.25, -0.2) is 4.79 Å². The topological polar surface area (TPSA) is 109 Å². The molecule has 1 atom stereocenters. The lowest BCUT2D eigenvalue weighted by atomic mass is 9.90. The molecule has 1 rings (SSSR count). The number of aliphatic carboxylic acids is 1. The molecule has 114 valence electrons. The summed E-state index contributed by atoms with van der Waals surface area (Å²) in [7, 11) is -2.68. The molecule has 0 saturated carbocycles. The molecule has 0 aliphatic rings. The minimum atomic E-state index is -2.68. The molecule has 0 bridgehead atoms. The van der Waals surface area contributed by atoms with Crippen molar-refractivity contribution in [1.82, 2.24) is 0 Å². The average Bonchev–Trinajstić information content (AvgIpc) is 2.45. The number of carboxylic acid groups (broad SMARTS) is 1. The molecule has 0 amide bonds. The monoisotopic (exact) mass is 332 g/mol.